The Morgan fingerprint density at radius 2 is 1.90 bits per heavy atom. The van der Waals surface area contributed by atoms with E-state index in [1.54, 1.807) is 19.4 Å². The zero-order chi connectivity index (χ0) is 28.6. The SMILES string of the molecule is COCCOc1ccc2cc1C(=O)NCc1ccc(s1)-c1ncnc3cc(sc13)-c1cnc(OC)c(c1)N[S+]2(=O)O. The number of ether oxygens (including phenoxy) is 3. The summed E-state index contributed by atoms with van der Waals surface area (Å²) in [6.07, 6.45) is 3.16. The van der Waals surface area contributed by atoms with Crippen LogP contribution in [0, 0.1) is 0 Å². The molecule has 1 aromatic carbocycles. The van der Waals surface area contributed by atoms with Gasteiger partial charge in [0.05, 0.1) is 40.9 Å². The Bertz CT molecular complexity index is 1820. The Morgan fingerprint density at radius 1 is 1.02 bits per heavy atom. The lowest BCUT2D eigenvalue weighted by Gasteiger charge is -2.14. The largest absolute Gasteiger partial charge is 0.490 e. The minimum atomic E-state index is -3.92. The molecule has 6 rings (SSSR count). The maximum absolute atomic E-state index is 13.7. The maximum atomic E-state index is 13.7. The lowest BCUT2D eigenvalue weighted by atomic mass is 10.2. The van der Waals surface area contributed by atoms with Crippen molar-refractivity contribution in [3.8, 4) is 32.6 Å². The topological polar surface area (TPSA) is 145 Å². The van der Waals surface area contributed by atoms with Gasteiger partial charge in [-0.15, -0.1) is 22.7 Å². The second-order valence-corrected chi connectivity index (χ2v) is 12.9. The van der Waals surface area contributed by atoms with Gasteiger partial charge in [-0.05, 0) is 34.5 Å². The molecular formula is C27H24N5O6S3+. The van der Waals surface area contributed by atoms with Gasteiger partial charge in [-0.1, -0.05) is 0 Å². The standard InChI is InChI=1S/C27H23N5O6S3/c1-36-7-8-38-21-5-4-17-10-18(21)26(33)28-13-16-3-6-22(39-16)24-25-19(30-14-31-24)11-23(40-25)15-9-20(32-41(17,34)35)27(37-2)29-12-15/h3-6,9-12,14H,7-8,13H2,1-2H3,(H2-,28,32,33,34,35)/p+1. The molecule has 11 nitrogen and oxygen atoms in total. The van der Waals surface area contributed by atoms with E-state index < -0.39 is 16.3 Å². The van der Waals surface area contributed by atoms with Crippen LogP contribution in [0.25, 0.3) is 31.2 Å². The first kappa shape index (κ1) is 27.2. The number of aromatic nitrogens is 3. The summed E-state index contributed by atoms with van der Waals surface area (Å²) in [6, 6.07) is 11.8. The third-order valence-electron chi connectivity index (χ3n) is 6.27. The quantitative estimate of drug-likeness (QED) is 0.182. The van der Waals surface area contributed by atoms with Crippen LogP contribution in [0.2, 0.25) is 0 Å². The summed E-state index contributed by atoms with van der Waals surface area (Å²) in [7, 11) is -0.944. The van der Waals surface area contributed by atoms with Crippen LogP contribution < -0.4 is 19.5 Å². The van der Waals surface area contributed by atoms with Crippen molar-refractivity contribution in [3.05, 3.63) is 65.4 Å². The summed E-state index contributed by atoms with van der Waals surface area (Å²) in [6.45, 7) is 0.753. The summed E-state index contributed by atoms with van der Waals surface area (Å²) in [5.41, 5.74) is 2.57. The Morgan fingerprint density at radius 3 is 2.73 bits per heavy atom. The number of fused-ring (bicyclic) bond motifs is 9. The number of hydrogen-bond donors (Lipinski definition) is 3. The first-order valence-electron chi connectivity index (χ1n) is 12.3. The average Bonchev–Trinajstić information content (AvgIpc) is 3.63. The van der Waals surface area contributed by atoms with Gasteiger partial charge in [-0.3, -0.25) is 4.79 Å². The number of carbonyl (C=O) groups is 1. The summed E-state index contributed by atoms with van der Waals surface area (Å²) in [5, 5.41) is 2.90. The third kappa shape index (κ3) is 5.39. The van der Waals surface area contributed by atoms with Crippen LogP contribution >= 0.6 is 22.7 Å². The molecule has 1 atom stereocenters. The van der Waals surface area contributed by atoms with Gasteiger partial charge in [-0.25, -0.2) is 15.0 Å². The number of pyridine rings is 1. The van der Waals surface area contributed by atoms with Crippen LogP contribution in [0.3, 0.4) is 0 Å². The van der Waals surface area contributed by atoms with Crippen molar-refractivity contribution in [3.63, 3.8) is 0 Å². The Balaban J connectivity index is 1.51. The summed E-state index contributed by atoms with van der Waals surface area (Å²) < 4.78 is 44.6. The number of carbonyl (C=O) groups excluding carboxylic acids is 1. The fourth-order valence-electron chi connectivity index (χ4n) is 4.29. The van der Waals surface area contributed by atoms with Crippen LogP contribution in [0.5, 0.6) is 11.6 Å². The molecule has 1 aliphatic rings. The number of thiophene rings is 2. The van der Waals surface area contributed by atoms with Gasteiger partial charge in [0.2, 0.25) is 10.8 Å². The fourth-order valence-corrected chi connectivity index (χ4v) is 7.49. The number of hydrogen-bond acceptors (Lipinski definition) is 10. The molecule has 0 spiro atoms. The van der Waals surface area contributed by atoms with Crippen molar-refractivity contribution in [2.75, 3.05) is 32.2 Å². The van der Waals surface area contributed by atoms with Crippen molar-refractivity contribution in [2.45, 2.75) is 11.4 Å². The minimum absolute atomic E-state index is 0.0181. The molecule has 0 fully saturated rings. The highest BCUT2D eigenvalue weighted by Crippen LogP contribution is 2.41. The Kier molecular flexibility index (Phi) is 7.40. The number of nitrogens with one attached hydrogen (secondary N) is 2. The predicted octanol–water partition coefficient (Wildman–Crippen LogP) is 5.12. The highest BCUT2D eigenvalue weighted by Gasteiger charge is 2.33. The van der Waals surface area contributed by atoms with E-state index >= 15 is 0 Å². The monoisotopic (exact) mass is 610 g/mol. The number of amides is 1. The van der Waals surface area contributed by atoms with E-state index in [1.165, 1.54) is 54.3 Å². The molecule has 14 heteroatoms. The summed E-state index contributed by atoms with van der Waals surface area (Å²) in [4.78, 5) is 29.4. The van der Waals surface area contributed by atoms with E-state index in [1.807, 2.05) is 18.2 Å². The molecule has 0 saturated heterocycles. The van der Waals surface area contributed by atoms with Crippen molar-refractivity contribution in [1.82, 2.24) is 20.3 Å². The number of benzene rings is 1. The van der Waals surface area contributed by atoms with Crippen LogP contribution in [-0.4, -0.2) is 52.8 Å². The Labute approximate surface area is 243 Å². The lowest BCUT2D eigenvalue weighted by Crippen LogP contribution is -2.25. The van der Waals surface area contributed by atoms with Gasteiger partial charge < -0.3 is 19.5 Å². The molecule has 8 bridgehead atoms. The zero-order valence-electron chi connectivity index (χ0n) is 21.9. The Hall–Kier alpha value is -3.95. The predicted molar refractivity (Wildman–Crippen MR) is 158 cm³/mol. The van der Waals surface area contributed by atoms with E-state index in [4.69, 9.17) is 14.2 Å². The summed E-state index contributed by atoms with van der Waals surface area (Å²) >= 11 is 3.01. The molecule has 1 amide bonds. The van der Waals surface area contributed by atoms with Crippen LogP contribution in [0.1, 0.15) is 15.2 Å². The van der Waals surface area contributed by atoms with E-state index in [0.717, 1.165) is 30.5 Å². The van der Waals surface area contributed by atoms with Gasteiger partial charge in [-0.2, -0.15) is 9.27 Å². The third-order valence-corrected chi connectivity index (χ3v) is 9.93. The molecule has 0 radical (unpaired) electrons. The number of anilines is 1. The molecule has 210 valence electrons. The normalized spacial score (nSPS) is 16.5. The molecule has 4 aromatic heterocycles. The molecule has 1 aliphatic heterocycles. The maximum Gasteiger partial charge on any atom is 0.346 e. The zero-order valence-corrected chi connectivity index (χ0v) is 24.3. The van der Waals surface area contributed by atoms with Crippen molar-refractivity contribution < 1.29 is 27.8 Å². The van der Waals surface area contributed by atoms with Crippen molar-refractivity contribution in [2.24, 2.45) is 0 Å². The van der Waals surface area contributed by atoms with Crippen molar-refractivity contribution in [1.29, 1.82) is 0 Å². The van der Waals surface area contributed by atoms with Crippen LogP contribution in [-0.2, 0) is 25.9 Å². The first-order chi connectivity index (χ1) is 19.9. The molecule has 5 aromatic rings. The van der Waals surface area contributed by atoms with Gasteiger partial charge in [0.1, 0.15) is 30.1 Å². The van der Waals surface area contributed by atoms with E-state index in [-0.39, 0.29) is 40.9 Å². The van der Waals surface area contributed by atoms with Gasteiger partial charge in [0, 0.05) is 40.8 Å². The highest BCUT2D eigenvalue weighted by atomic mass is 32.3. The number of nitrogens with zero attached hydrogens (tertiary/aromatic N) is 3. The molecule has 41 heavy (non-hydrogen) atoms. The minimum Gasteiger partial charge on any atom is -0.490 e. The van der Waals surface area contributed by atoms with E-state index in [2.05, 4.69) is 25.0 Å². The van der Waals surface area contributed by atoms with Gasteiger partial charge in [0.15, 0.2) is 0 Å². The first-order valence-corrected chi connectivity index (χ1v) is 15.5. The molecule has 1 unspecified atom stereocenters. The fraction of sp³-hybridized carbons (Fsp3) is 0.185. The molecule has 0 saturated carbocycles. The number of methoxy groups -OCH3 is 2. The van der Waals surface area contributed by atoms with Crippen LogP contribution in [0.4, 0.5) is 5.69 Å². The highest BCUT2D eigenvalue weighted by molar-refractivity contribution is 7.99. The smallest absolute Gasteiger partial charge is 0.346 e. The lowest BCUT2D eigenvalue weighted by molar-refractivity contribution is 0.0943. The van der Waals surface area contributed by atoms with Gasteiger partial charge in [0.25, 0.3) is 5.91 Å². The van der Waals surface area contributed by atoms with E-state index in [9.17, 15) is 13.6 Å². The summed E-state index contributed by atoms with van der Waals surface area (Å²) in [5.74, 6) is -0.0638. The van der Waals surface area contributed by atoms with Crippen LogP contribution in [0.15, 0.2) is 59.9 Å². The molecule has 3 N–H and O–H groups in total. The molecular weight excluding hydrogens is 587 g/mol. The average molecular weight is 611 g/mol. The second-order valence-electron chi connectivity index (χ2n) is 8.90. The number of rotatable bonds is 5. The second kappa shape index (κ2) is 11.1. The van der Waals surface area contributed by atoms with E-state index in [0.29, 0.717) is 12.2 Å². The molecule has 5 heterocycles. The van der Waals surface area contributed by atoms with Gasteiger partial charge >= 0.3 is 10.4 Å². The molecule has 0 aliphatic carbocycles. The van der Waals surface area contributed by atoms with Crippen molar-refractivity contribution >= 4 is 54.9 Å².